The van der Waals surface area contributed by atoms with Gasteiger partial charge >= 0.3 is 0 Å². The third-order valence-corrected chi connectivity index (χ3v) is 4.10. The zero-order valence-electron chi connectivity index (χ0n) is 12.7. The predicted molar refractivity (Wildman–Crippen MR) is 96.8 cm³/mol. The highest BCUT2D eigenvalue weighted by Crippen LogP contribution is 2.25. The first-order valence-electron chi connectivity index (χ1n) is 7.10. The molecule has 1 heterocycles. The van der Waals surface area contributed by atoms with E-state index in [1.165, 1.54) is 5.56 Å². The van der Waals surface area contributed by atoms with Gasteiger partial charge in [-0.25, -0.2) is 5.10 Å². The third kappa shape index (κ3) is 3.25. The van der Waals surface area contributed by atoms with E-state index in [2.05, 4.69) is 41.3 Å². The summed E-state index contributed by atoms with van der Waals surface area (Å²) in [6.07, 6.45) is 1.78. The molecule has 1 N–H and O–H groups in total. The summed E-state index contributed by atoms with van der Waals surface area (Å²) in [5.74, 6) is 0.585. The molecule has 3 aromatic rings. The molecule has 0 fully saturated rings. The first kappa shape index (κ1) is 15.6. The monoisotopic (exact) mass is 342 g/mol. The van der Waals surface area contributed by atoms with Gasteiger partial charge in [0.1, 0.15) is 0 Å². The summed E-state index contributed by atoms with van der Waals surface area (Å²) >= 11 is 11.5. The fourth-order valence-electron chi connectivity index (χ4n) is 2.31. The second-order valence-electron chi connectivity index (χ2n) is 5.25. The number of aryl methyl sites for hydroxylation is 2. The summed E-state index contributed by atoms with van der Waals surface area (Å²) in [7, 11) is 0. The molecule has 0 unspecified atom stereocenters. The van der Waals surface area contributed by atoms with Gasteiger partial charge in [-0.1, -0.05) is 47.5 Å². The molecule has 0 bridgehead atoms. The Morgan fingerprint density at radius 3 is 2.74 bits per heavy atom. The van der Waals surface area contributed by atoms with Gasteiger partial charge in [-0.15, -0.1) is 0 Å². The number of nitrogens with zero attached hydrogens (tertiary/aromatic N) is 3. The maximum atomic E-state index is 6.25. The lowest BCUT2D eigenvalue weighted by molar-refractivity contribution is 0.871. The first-order chi connectivity index (χ1) is 11.1. The Morgan fingerprint density at radius 2 is 2.00 bits per heavy atom. The number of benzene rings is 2. The highest BCUT2D eigenvalue weighted by atomic mass is 35.5. The van der Waals surface area contributed by atoms with Crippen molar-refractivity contribution in [3.63, 3.8) is 0 Å². The van der Waals surface area contributed by atoms with Crippen molar-refractivity contribution < 1.29 is 0 Å². The summed E-state index contributed by atoms with van der Waals surface area (Å²) in [5, 5.41) is 12.1. The summed E-state index contributed by atoms with van der Waals surface area (Å²) < 4.78 is 2.00. The van der Waals surface area contributed by atoms with E-state index in [0.29, 0.717) is 15.6 Å². The van der Waals surface area contributed by atoms with E-state index in [9.17, 15) is 0 Å². The van der Waals surface area contributed by atoms with Crippen LogP contribution in [0.1, 0.15) is 16.7 Å². The van der Waals surface area contributed by atoms with Crippen LogP contribution in [-0.4, -0.2) is 21.1 Å². The molecule has 2 aromatic carbocycles. The van der Waals surface area contributed by atoms with Crippen LogP contribution in [0.15, 0.2) is 47.6 Å². The van der Waals surface area contributed by atoms with Gasteiger partial charge in [0.15, 0.2) is 5.82 Å². The Balaban J connectivity index is 2.04. The zero-order chi connectivity index (χ0) is 16.4. The van der Waals surface area contributed by atoms with Crippen LogP contribution in [0.4, 0.5) is 0 Å². The lowest BCUT2D eigenvalue weighted by atomic mass is 10.1. The van der Waals surface area contributed by atoms with E-state index in [4.69, 9.17) is 23.8 Å². The Morgan fingerprint density at radius 1 is 1.22 bits per heavy atom. The number of hydrogen-bond donors (Lipinski definition) is 1. The molecule has 0 saturated heterocycles. The molecule has 0 atom stereocenters. The summed E-state index contributed by atoms with van der Waals surface area (Å²) in [6, 6.07) is 13.7. The van der Waals surface area contributed by atoms with Crippen molar-refractivity contribution in [2.75, 3.05) is 0 Å². The molecule has 4 nitrogen and oxygen atoms in total. The molecule has 0 aliphatic rings. The summed E-state index contributed by atoms with van der Waals surface area (Å²) in [5.41, 5.74) is 4.18. The average molecular weight is 343 g/mol. The molecular weight excluding hydrogens is 328 g/mol. The maximum absolute atomic E-state index is 6.25. The van der Waals surface area contributed by atoms with Crippen molar-refractivity contribution in [3.8, 4) is 11.4 Å². The van der Waals surface area contributed by atoms with E-state index >= 15 is 0 Å². The standard InChI is InChI=1S/C17H15ClN4S/c1-11-7-8-13(12(2)9-11)10-19-22-16(20-21-17(22)23)14-5-3-4-6-15(14)18/h3-10H,1-2H3,(H,21,23). The Kier molecular flexibility index (Phi) is 4.41. The van der Waals surface area contributed by atoms with Gasteiger partial charge in [-0.2, -0.15) is 14.9 Å². The van der Waals surface area contributed by atoms with Crippen molar-refractivity contribution in [3.05, 3.63) is 68.9 Å². The molecule has 3 rings (SSSR count). The summed E-state index contributed by atoms with van der Waals surface area (Å²) in [6.45, 7) is 4.12. The molecule has 0 aliphatic carbocycles. The molecular formula is C17H15ClN4S. The molecule has 0 aliphatic heterocycles. The van der Waals surface area contributed by atoms with Crippen LogP contribution < -0.4 is 0 Å². The molecule has 1 aromatic heterocycles. The Labute approximate surface area is 144 Å². The minimum atomic E-state index is 0.418. The van der Waals surface area contributed by atoms with Crippen molar-refractivity contribution >= 4 is 30.0 Å². The quantitative estimate of drug-likeness (QED) is 0.551. The number of hydrogen-bond acceptors (Lipinski definition) is 3. The highest BCUT2D eigenvalue weighted by Gasteiger charge is 2.11. The van der Waals surface area contributed by atoms with E-state index in [0.717, 1.165) is 16.7 Å². The minimum absolute atomic E-state index is 0.418. The van der Waals surface area contributed by atoms with Crippen molar-refractivity contribution in [2.24, 2.45) is 5.10 Å². The largest absolute Gasteiger partial charge is 0.250 e. The van der Waals surface area contributed by atoms with Crippen LogP contribution in [-0.2, 0) is 0 Å². The summed E-state index contributed by atoms with van der Waals surface area (Å²) in [4.78, 5) is 0. The topological polar surface area (TPSA) is 46.0 Å². The van der Waals surface area contributed by atoms with Crippen molar-refractivity contribution in [2.45, 2.75) is 13.8 Å². The van der Waals surface area contributed by atoms with Gasteiger partial charge < -0.3 is 0 Å². The van der Waals surface area contributed by atoms with Crippen LogP contribution in [0.3, 0.4) is 0 Å². The SMILES string of the molecule is Cc1ccc(C=Nn2c(-c3ccccc3Cl)n[nH]c2=S)c(C)c1. The first-order valence-corrected chi connectivity index (χ1v) is 7.89. The Bertz CT molecular complexity index is 940. The molecule has 116 valence electrons. The number of nitrogens with one attached hydrogen (secondary N) is 1. The molecule has 6 heteroatoms. The lowest BCUT2D eigenvalue weighted by Crippen LogP contribution is -1.96. The van der Waals surface area contributed by atoms with E-state index in [1.54, 1.807) is 10.9 Å². The van der Waals surface area contributed by atoms with Crippen LogP contribution in [0.25, 0.3) is 11.4 Å². The highest BCUT2D eigenvalue weighted by molar-refractivity contribution is 7.71. The van der Waals surface area contributed by atoms with Gasteiger partial charge in [-0.3, -0.25) is 0 Å². The number of halogens is 1. The smallest absolute Gasteiger partial charge is 0.216 e. The van der Waals surface area contributed by atoms with Gasteiger partial charge in [0.05, 0.1) is 11.2 Å². The van der Waals surface area contributed by atoms with Crippen LogP contribution in [0.2, 0.25) is 5.02 Å². The van der Waals surface area contributed by atoms with Crippen LogP contribution >= 0.6 is 23.8 Å². The van der Waals surface area contributed by atoms with E-state index in [-0.39, 0.29) is 0 Å². The van der Waals surface area contributed by atoms with Gasteiger partial charge in [0.2, 0.25) is 4.77 Å². The zero-order valence-corrected chi connectivity index (χ0v) is 14.3. The fourth-order valence-corrected chi connectivity index (χ4v) is 2.71. The number of H-pyrrole nitrogens is 1. The lowest BCUT2D eigenvalue weighted by Gasteiger charge is -2.04. The normalized spacial score (nSPS) is 11.3. The van der Waals surface area contributed by atoms with Crippen molar-refractivity contribution in [1.82, 2.24) is 14.9 Å². The average Bonchev–Trinajstić information content (AvgIpc) is 2.88. The van der Waals surface area contributed by atoms with Crippen LogP contribution in [0.5, 0.6) is 0 Å². The number of rotatable bonds is 3. The van der Waals surface area contributed by atoms with Crippen LogP contribution in [0, 0.1) is 18.6 Å². The third-order valence-electron chi connectivity index (χ3n) is 3.50. The molecule has 0 amide bonds. The molecule has 23 heavy (non-hydrogen) atoms. The molecule has 0 radical (unpaired) electrons. The predicted octanol–water partition coefficient (Wildman–Crippen LogP) is 4.76. The van der Waals surface area contributed by atoms with E-state index in [1.807, 2.05) is 30.3 Å². The molecule has 0 spiro atoms. The maximum Gasteiger partial charge on any atom is 0.216 e. The molecule has 0 saturated carbocycles. The van der Waals surface area contributed by atoms with E-state index < -0.39 is 0 Å². The number of aromatic amines is 1. The van der Waals surface area contributed by atoms with Gasteiger partial charge in [0.25, 0.3) is 0 Å². The van der Waals surface area contributed by atoms with Crippen molar-refractivity contribution in [1.29, 1.82) is 0 Å². The second-order valence-corrected chi connectivity index (χ2v) is 6.04. The Hall–Kier alpha value is -2.24. The van der Waals surface area contributed by atoms with Gasteiger partial charge in [-0.05, 0) is 49.3 Å². The number of aromatic nitrogens is 3. The minimum Gasteiger partial charge on any atom is -0.250 e. The fraction of sp³-hybridized carbons (Fsp3) is 0.118. The van der Waals surface area contributed by atoms with Gasteiger partial charge in [0, 0.05) is 5.56 Å². The second kappa shape index (κ2) is 6.48.